The molecule has 1 heterocycles. The van der Waals surface area contributed by atoms with E-state index in [2.05, 4.69) is 15.0 Å². The first kappa shape index (κ1) is 26.7. The molecule has 10 heteroatoms. The highest BCUT2D eigenvalue weighted by Crippen LogP contribution is 2.23. The van der Waals surface area contributed by atoms with Crippen LogP contribution in [-0.4, -0.2) is 48.5 Å². The number of nitrogens with one attached hydrogen (secondary N) is 2. The third kappa shape index (κ3) is 6.34. The molecule has 3 aromatic carbocycles. The Balaban J connectivity index is 1.72. The minimum absolute atomic E-state index is 0.0396. The zero-order valence-corrected chi connectivity index (χ0v) is 21.5. The molecule has 2 atom stereocenters. The van der Waals surface area contributed by atoms with Crippen LogP contribution in [0.2, 0.25) is 0 Å². The van der Waals surface area contributed by atoms with Gasteiger partial charge in [-0.15, -0.1) is 0 Å². The average molecular weight is 519 g/mol. The third-order valence-electron chi connectivity index (χ3n) is 6.22. The highest BCUT2D eigenvalue weighted by atomic mass is 32.2. The number of amides is 1. The fraction of sp³-hybridized carbons (Fsp3) is 0.259. The Hall–Kier alpha value is -3.31. The molecule has 8 nitrogen and oxygen atoms in total. The highest BCUT2D eigenvalue weighted by Gasteiger charge is 2.32. The second-order valence-corrected chi connectivity index (χ2v) is 11.2. The molecular formula is C27H30BN3O5S. The molecule has 4 rings (SSSR count). The molecule has 0 spiro atoms. The Bertz CT molecular complexity index is 1500. The zero-order chi connectivity index (χ0) is 26.6. The van der Waals surface area contributed by atoms with Gasteiger partial charge in [0.05, 0.1) is 11.5 Å². The molecule has 37 heavy (non-hydrogen) atoms. The van der Waals surface area contributed by atoms with E-state index in [1.54, 1.807) is 24.3 Å². The monoisotopic (exact) mass is 519 g/mol. The number of carbonyl (C=O) groups is 1. The first-order chi connectivity index (χ1) is 17.7. The molecule has 4 N–H and O–H groups in total. The normalized spacial score (nSPS) is 13.5. The van der Waals surface area contributed by atoms with Gasteiger partial charge in [-0.2, -0.15) is 4.72 Å². The number of aromatic nitrogens is 1. The number of fused-ring (bicyclic) bond motifs is 2. The summed E-state index contributed by atoms with van der Waals surface area (Å²) in [4.78, 5) is 17.7. The first-order valence-corrected chi connectivity index (χ1v) is 13.6. The van der Waals surface area contributed by atoms with Gasteiger partial charge in [-0.1, -0.05) is 74.5 Å². The van der Waals surface area contributed by atoms with Crippen molar-refractivity contribution in [2.45, 2.75) is 43.6 Å². The molecule has 4 aromatic rings. The van der Waals surface area contributed by atoms with Gasteiger partial charge in [-0.3, -0.25) is 9.78 Å². The van der Waals surface area contributed by atoms with E-state index >= 15 is 0 Å². The standard InChI is InChI=1S/C27H30BN3O5S/c1-18(2)16-25(28(33)34)30-27(32)23(17-21-11-5-9-19-8-3-4-13-22(19)21)31-37(35,36)24-14-6-10-20-12-7-15-29-26(20)24/h3-15,18,23,25,31,33-34H,16-17H2,1-2H3,(H,30,32)/t23-,25-/m0/s1. The molecular weight excluding hydrogens is 489 g/mol. The van der Waals surface area contributed by atoms with Gasteiger partial charge in [0, 0.05) is 11.6 Å². The molecule has 0 unspecified atom stereocenters. The second-order valence-electron chi connectivity index (χ2n) is 9.51. The summed E-state index contributed by atoms with van der Waals surface area (Å²) >= 11 is 0. The lowest BCUT2D eigenvalue weighted by Gasteiger charge is -2.24. The Morgan fingerprint density at radius 2 is 1.62 bits per heavy atom. The largest absolute Gasteiger partial charge is 0.475 e. The molecule has 0 saturated carbocycles. The summed E-state index contributed by atoms with van der Waals surface area (Å²) in [5, 5.41) is 24.9. The number of nitrogens with zero attached hydrogens (tertiary/aromatic N) is 1. The van der Waals surface area contributed by atoms with Gasteiger partial charge in [0.2, 0.25) is 15.9 Å². The average Bonchev–Trinajstić information content (AvgIpc) is 2.87. The fourth-order valence-corrected chi connectivity index (χ4v) is 5.84. The van der Waals surface area contributed by atoms with Gasteiger partial charge in [0.25, 0.3) is 0 Å². The second kappa shape index (κ2) is 11.4. The van der Waals surface area contributed by atoms with Gasteiger partial charge in [-0.05, 0) is 47.2 Å². The van der Waals surface area contributed by atoms with Crippen LogP contribution in [0.5, 0.6) is 0 Å². The molecule has 0 aliphatic heterocycles. The summed E-state index contributed by atoms with van der Waals surface area (Å²) in [7, 11) is -5.97. The highest BCUT2D eigenvalue weighted by molar-refractivity contribution is 7.89. The lowest BCUT2D eigenvalue weighted by Crippen LogP contribution is -2.55. The van der Waals surface area contributed by atoms with Crippen LogP contribution >= 0.6 is 0 Å². The number of hydrogen-bond acceptors (Lipinski definition) is 6. The lowest BCUT2D eigenvalue weighted by atomic mass is 9.75. The number of hydrogen-bond donors (Lipinski definition) is 4. The molecule has 0 bridgehead atoms. The molecule has 0 aliphatic carbocycles. The minimum atomic E-state index is -4.18. The van der Waals surface area contributed by atoms with Crippen LogP contribution in [0.3, 0.4) is 0 Å². The minimum Gasteiger partial charge on any atom is -0.426 e. The predicted octanol–water partition coefficient (Wildman–Crippen LogP) is 2.82. The van der Waals surface area contributed by atoms with Crippen molar-refractivity contribution in [1.29, 1.82) is 0 Å². The zero-order valence-electron chi connectivity index (χ0n) is 20.7. The number of carbonyl (C=O) groups excluding carboxylic acids is 1. The smallest absolute Gasteiger partial charge is 0.426 e. The quantitative estimate of drug-likeness (QED) is 0.239. The van der Waals surface area contributed by atoms with Crippen LogP contribution in [0.25, 0.3) is 21.7 Å². The van der Waals surface area contributed by atoms with Crippen molar-refractivity contribution >= 4 is 44.7 Å². The van der Waals surface area contributed by atoms with E-state index in [0.29, 0.717) is 17.3 Å². The van der Waals surface area contributed by atoms with Crippen molar-refractivity contribution in [2.24, 2.45) is 5.92 Å². The number of rotatable bonds is 10. The van der Waals surface area contributed by atoms with Crippen molar-refractivity contribution in [2.75, 3.05) is 0 Å². The molecule has 1 amide bonds. The van der Waals surface area contributed by atoms with Crippen LogP contribution in [0, 0.1) is 5.92 Å². The third-order valence-corrected chi connectivity index (χ3v) is 7.72. The maximum Gasteiger partial charge on any atom is 0.475 e. The number of benzene rings is 3. The summed E-state index contributed by atoms with van der Waals surface area (Å²) in [6.45, 7) is 3.79. The topological polar surface area (TPSA) is 129 Å². The van der Waals surface area contributed by atoms with Crippen LogP contribution in [0.1, 0.15) is 25.8 Å². The number of para-hydroxylation sites is 1. The van der Waals surface area contributed by atoms with Crippen LogP contribution < -0.4 is 10.0 Å². The molecule has 1 aromatic heterocycles. The van der Waals surface area contributed by atoms with Gasteiger partial charge >= 0.3 is 7.12 Å². The Kier molecular flexibility index (Phi) is 8.24. The van der Waals surface area contributed by atoms with Gasteiger partial charge in [0.15, 0.2) is 0 Å². The fourth-order valence-electron chi connectivity index (χ4n) is 4.47. The van der Waals surface area contributed by atoms with Crippen LogP contribution in [0.4, 0.5) is 0 Å². The summed E-state index contributed by atoms with van der Waals surface area (Å²) < 4.78 is 29.7. The Labute approximate surface area is 216 Å². The number of pyridine rings is 1. The Morgan fingerprint density at radius 3 is 2.38 bits per heavy atom. The summed E-state index contributed by atoms with van der Waals surface area (Å²) in [5.74, 6) is -1.53. The van der Waals surface area contributed by atoms with Crippen molar-refractivity contribution in [3.63, 3.8) is 0 Å². The van der Waals surface area contributed by atoms with Crippen molar-refractivity contribution < 1.29 is 23.3 Å². The molecule has 192 valence electrons. The molecule has 0 fully saturated rings. The van der Waals surface area contributed by atoms with Gasteiger partial charge < -0.3 is 15.4 Å². The van der Waals surface area contributed by atoms with E-state index in [0.717, 1.165) is 16.3 Å². The van der Waals surface area contributed by atoms with Gasteiger partial charge in [-0.25, -0.2) is 8.42 Å². The SMILES string of the molecule is CC(C)C[C@H](NC(=O)[C@H](Cc1cccc2ccccc12)NS(=O)(=O)c1cccc2cccnc12)B(O)O. The molecule has 0 radical (unpaired) electrons. The van der Waals surface area contributed by atoms with E-state index in [9.17, 15) is 23.3 Å². The maximum atomic E-state index is 13.6. The summed E-state index contributed by atoms with van der Waals surface area (Å²) in [5.41, 5.74) is 1.08. The maximum absolute atomic E-state index is 13.6. The van der Waals surface area contributed by atoms with Crippen LogP contribution in [-0.2, 0) is 21.2 Å². The van der Waals surface area contributed by atoms with E-state index in [1.807, 2.05) is 56.3 Å². The van der Waals surface area contributed by atoms with Crippen molar-refractivity contribution in [3.8, 4) is 0 Å². The van der Waals surface area contributed by atoms with Crippen molar-refractivity contribution in [1.82, 2.24) is 15.0 Å². The van der Waals surface area contributed by atoms with E-state index in [4.69, 9.17) is 0 Å². The van der Waals surface area contributed by atoms with E-state index < -0.39 is 35.0 Å². The van der Waals surface area contributed by atoms with Crippen molar-refractivity contribution in [3.05, 3.63) is 84.6 Å². The van der Waals surface area contributed by atoms with Crippen LogP contribution in [0.15, 0.2) is 83.9 Å². The van der Waals surface area contributed by atoms with E-state index in [-0.39, 0.29) is 17.2 Å². The Morgan fingerprint density at radius 1 is 0.946 bits per heavy atom. The number of sulfonamides is 1. The summed E-state index contributed by atoms with van der Waals surface area (Å²) in [6, 6.07) is 20.4. The van der Waals surface area contributed by atoms with E-state index in [1.165, 1.54) is 12.3 Å². The molecule has 0 aliphatic rings. The lowest BCUT2D eigenvalue weighted by molar-refractivity contribution is -0.123. The first-order valence-electron chi connectivity index (χ1n) is 12.1. The predicted molar refractivity (Wildman–Crippen MR) is 145 cm³/mol. The van der Waals surface area contributed by atoms with Gasteiger partial charge in [0.1, 0.15) is 10.9 Å². The summed E-state index contributed by atoms with van der Waals surface area (Å²) in [6.07, 6.45) is 1.88. The molecule has 0 saturated heterocycles.